The van der Waals surface area contributed by atoms with Crippen LogP contribution in [0.1, 0.15) is 11.1 Å². The van der Waals surface area contributed by atoms with Gasteiger partial charge in [-0.2, -0.15) is 0 Å². The zero-order valence-corrected chi connectivity index (χ0v) is 12.6. The van der Waals surface area contributed by atoms with E-state index in [1.54, 1.807) is 14.2 Å². The number of nitrogens with two attached hydrogens (primary N) is 1. The van der Waals surface area contributed by atoms with Crippen molar-refractivity contribution in [2.75, 3.05) is 45.4 Å². The highest BCUT2D eigenvalue weighted by Gasteiger charge is 2.13. The third-order valence-corrected chi connectivity index (χ3v) is 3.11. The van der Waals surface area contributed by atoms with Crippen LogP contribution in [0.15, 0.2) is 18.2 Å². The molecular weight excluding hydrogens is 260 g/mol. The molecule has 1 rings (SSSR count). The number of nitrogens with zero attached hydrogens (tertiary/aromatic N) is 1. The monoisotopic (exact) mass is 282 g/mol. The quantitative estimate of drug-likeness (QED) is 0.736. The molecule has 0 saturated carbocycles. The first-order valence-electron chi connectivity index (χ1n) is 6.23. The summed E-state index contributed by atoms with van der Waals surface area (Å²) in [5.74, 6) is 0. The zero-order chi connectivity index (χ0) is 14.3. The highest BCUT2D eigenvalue weighted by Crippen LogP contribution is 2.22. The first-order chi connectivity index (χ1) is 9.10. The second-order valence-corrected chi connectivity index (χ2v) is 4.80. The maximum atomic E-state index is 5.80. The molecule has 0 amide bonds. The van der Waals surface area contributed by atoms with E-state index in [9.17, 15) is 0 Å². The van der Waals surface area contributed by atoms with Crippen LogP contribution in [0.3, 0.4) is 0 Å². The zero-order valence-electron chi connectivity index (χ0n) is 11.8. The highest BCUT2D eigenvalue weighted by atomic mass is 32.1. The molecule has 0 unspecified atom stereocenters. The number of hydrogen-bond donors (Lipinski definition) is 1. The van der Waals surface area contributed by atoms with Crippen LogP contribution in [0.4, 0.5) is 5.69 Å². The molecule has 1 aromatic carbocycles. The van der Waals surface area contributed by atoms with Gasteiger partial charge in [0.15, 0.2) is 0 Å². The molecule has 19 heavy (non-hydrogen) atoms. The van der Waals surface area contributed by atoms with Crippen LogP contribution in [0, 0.1) is 6.92 Å². The molecule has 0 fully saturated rings. The van der Waals surface area contributed by atoms with Gasteiger partial charge in [0.25, 0.3) is 0 Å². The van der Waals surface area contributed by atoms with Crippen molar-refractivity contribution < 1.29 is 9.47 Å². The Bertz CT molecular complexity index is 416. The van der Waals surface area contributed by atoms with E-state index in [0.29, 0.717) is 18.2 Å². The number of hydrogen-bond acceptors (Lipinski definition) is 4. The summed E-state index contributed by atoms with van der Waals surface area (Å²) in [6.07, 6.45) is 0. The Kier molecular flexibility index (Phi) is 6.77. The third kappa shape index (κ3) is 4.78. The molecule has 0 bridgehead atoms. The van der Waals surface area contributed by atoms with Crippen LogP contribution in [0.25, 0.3) is 0 Å². The molecule has 0 aliphatic carbocycles. The second-order valence-electron chi connectivity index (χ2n) is 4.36. The molecule has 2 N–H and O–H groups in total. The van der Waals surface area contributed by atoms with Crippen molar-refractivity contribution >= 4 is 22.9 Å². The van der Waals surface area contributed by atoms with Crippen LogP contribution in [0.5, 0.6) is 0 Å². The standard InChI is InChI=1S/C14H22N2O2S/c1-11-4-5-12(14(15)19)13(10-11)16(6-8-17-2)7-9-18-3/h4-5,10H,6-9H2,1-3H3,(H2,15,19). The average molecular weight is 282 g/mol. The van der Waals surface area contributed by atoms with Gasteiger partial charge in [-0.3, -0.25) is 0 Å². The van der Waals surface area contributed by atoms with Crippen LogP contribution in [-0.4, -0.2) is 45.5 Å². The van der Waals surface area contributed by atoms with Crippen LogP contribution in [-0.2, 0) is 9.47 Å². The Balaban J connectivity index is 3.03. The number of methoxy groups -OCH3 is 2. The lowest BCUT2D eigenvalue weighted by atomic mass is 10.1. The van der Waals surface area contributed by atoms with Gasteiger partial charge < -0.3 is 20.1 Å². The lowest BCUT2D eigenvalue weighted by molar-refractivity contribution is 0.190. The second kappa shape index (κ2) is 8.09. The topological polar surface area (TPSA) is 47.7 Å². The van der Waals surface area contributed by atoms with Crippen molar-refractivity contribution in [3.63, 3.8) is 0 Å². The molecule has 0 atom stereocenters. The Morgan fingerprint density at radius 3 is 2.26 bits per heavy atom. The Hall–Kier alpha value is -1.17. The number of thiocarbonyl (C=S) groups is 1. The van der Waals surface area contributed by atoms with Crippen molar-refractivity contribution in [2.24, 2.45) is 5.73 Å². The van der Waals surface area contributed by atoms with Gasteiger partial charge in [0.1, 0.15) is 4.99 Å². The fourth-order valence-corrected chi connectivity index (χ4v) is 2.04. The lowest BCUT2D eigenvalue weighted by Crippen LogP contribution is -2.32. The van der Waals surface area contributed by atoms with Crippen molar-refractivity contribution in [3.8, 4) is 0 Å². The Morgan fingerprint density at radius 2 is 1.79 bits per heavy atom. The summed E-state index contributed by atoms with van der Waals surface area (Å²) in [5, 5.41) is 0. The van der Waals surface area contributed by atoms with Gasteiger partial charge in [-0.05, 0) is 24.6 Å². The first kappa shape index (κ1) is 15.9. The molecular formula is C14H22N2O2S. The predicted molar refractivity (Wildman–Crippen MR) is 83.0 cm³/mol. The fraction of sp³-hybridized carbons (Fsp3) is 0.500. The Morgan fingerprint density at radius 1 is 1.21 bits per heavy atom. The van der Waals surface area contributed by atoms with E-state index < -0.39 is 0 Å². The van der Waals surface area contributed by atoms with E-state index in [1.165, 1.54) is 5.56 Å². The van der Waals surface area contributed by atoms with E-state index in [2.05, 4.69) is 17.9 Å². The number of aryl methyl sites for hydroxylation is 1. The molecule has 0 radical (unpaired) electrons. The number of rotatable bonds is 8. The fourth-order valence-electron chi connectivity index (χ4n) is 1.87. The van der Waals surface area contributed by atoms with Crippen LogP contribution >= 0.6 is 12.2 Å². The summed E-state index contributed by atoms with van der Waals surface area (Å²) in [5.41, 5.74) is 8.92. The molecule has 0 aromatic heterocycles. The maximum Gasteiger partial charge on any atom is 0.106 e. The lowest BCUT2D eigenvalue weighted by Gasteiger charge is -2.27. The van der Waals surface area contributed by atoms with Gasteiger partial charge in [0.2, 0.25) is 0 Å². The normalized spacial score (nSPS) is 10.5. The van der Waals surface area contributed by atoms with E-state index in [1.807, 2.05) is 12.1 Å². The minimum atomic E-state index is 0.412. The summed E-state index contributed by atoms with van der Waals surface area (Å²) >= 11 is 5.13. The number of ether oxygens (including phenoxy) is 2. The molecule has 0 heterocycles. The third-order valence-electron chi connectivity index (χ3n) is 2.89. The average Bonchev–Trinajstić information content (AvgIpc) is 2.38. The SMILES string of the molecule is COCCN(CCOC)c1cc(C)ccc1C(N)=S. The van der Waals surface area contributed by atoms with Crippen molar-refractivity contribution in [1.82, 2.24) is 0 Å². The van der Waals surface area contributed by atoms with Gasteiger partial charge in [-0.1, -0.05) is 18.3 Å². The van der Waals surface area contributed by atoms with Gasteiger partial charge in [0.05, 0.1) is 13.2 Å². The molecule has 0 aliphatic rings. The summed E-state index contributed by atoms with van der Waals surface area (Å²) < 4.78 is 10.3. The molecule has 0 aliphatic heterocycles. The molecule has 4 nitrogen and oxygen atoms in total. The summed E-state index contributed by atoms with van der Waals surface area (Å²) in [7, 11) is 3.39. The molecule has 0 saturated heterocycles. The number of anilines is 1. The van der Waals surface area contributed by atoms with Gasteiger partial charge in [-0.15, -0.1) is 0 Å². The molecule has 5 heteroatoms. The summed E-state index contributed by atoms with van der Waals surface area (Å²) in [6, 6.07) is 6.09. The van der Waals surface area contributed by atoms with Crippen LogP contribution in [0.2, 0.25) is 0 Å². The summed E-state index contributed by atoms with van der Waals surface area (Å²) in [6.45, 7) is 4.90. The van der Waals surface area contributed by atoms with Gasteiger partial charge >= 0.3 is 0 Å². The van der Waals surface area contributed by atoms with Crippen molar-refractivity contribution in [1.29, 1.82) is 0 Å². The number of benzene rings is 1. The van der Waals surface area contributed by atoms with Crippen LogP contribution < -0.4 is 10.6 Å². The minimum absolute atomic E-state index is 0.412. The Labute approximate surface area is 120 Å². The van der Waals surface area contributed by atoms with Crippen molar-refractivity contribution in [3.05, 3.63) is 29.3 Å². The maximum absolute atomic E-state index is 5.80. The van der Waals surface area contributed by atoms with E-state index in [4.69, 9.17) is 27.4 Å². The summed E-state index contributed by atoms with van der Waals surface area (Å²) in [4.78, 5) is 2.60. The van der Waals surface area contributed by atoms with E-state index in [-0.39, 0.29) is 0 Å². The molecule has 106 valence electrons. The first-order valence-corrected chi connectivity index (χ1v) is 6.64. The van der Waals surface area contributed by atoms with Gasteiger partial charge in [0, 0.05) is 38.6 Å². The smallest absolute Gasteiger partial charge is 0.106 e. The molecule has 1 aromatic rings. The van der Waals surface area contributed by atoms with Crippen molar-refractivity contribution in [2.45, 2.75) is 6.92 Å². The molecule has 0 spiro atoms. The minimum Gasteiger partial charge on any atom is -0.389 e. The van der Waals surface area contributed by atoms with Gasteiger partial charge in [-0.25, -0.2) is 0 Å². The van der Waals surface area contributed by atoms with E-state index in [0.717, 1.165) is 24.3 Å². The predicted octanol–water partition coefficient (Wildman–Crippen LogP) is 1.73. The van der Waals surface area contributed by atoms with E-state index >= 15 is 0 Å². The highest BCUT2D eigenvalue weighted by molar-refractivity contribution is 7.80. The largest absolute Gasteiger partial charge is 0.389 e.